The van der Waals surface area contributed by atoms with Gasteiger partial charge in [0.1, 0.15) is 0 Å². The van der Waals surface area contributed by atoms with Crippen LogP contribution in [0.25, 0.3) is 0 Å². The average Bonchev–Trinajstić information content (AvgIpc) is 3.11. The van der Waals surface area contributed by atoms with Crippen molar-refractivity contribution in [3.8, 4) is 0 Å². The summed E-state index contributed by atoms with van der Waals surface area (Å²) in [5.74, 6) is 0. The predicted octanol–water partition coefficient (Wildman–Crippen LogP) is 0.891. The summed E-state index contributed by atoms with van der Waals surface area (Å²) < 4.78 is 7.31. The molecule has 7 nitrogen and oxygen atoms in total. The number of hydrogen-bond donors (Lipinski definition) is 2. The molecule has 2 unspecified atom stereocenters. The van der Waals surface area contributed by atoms with Crippen LogP contribution in [0.2, 0.25) is 0 Å². The molecule has 0 aliphatic carbocycles. The summed E-state index contributed by atoms with van der Waals surface area (Å²) in [7, 11) is 5.88. The molecular weight excluding hydrogens is 282 g/mol. The first-order valence-electron chi connectivity index (χ1n) is 7.84. The lowest BCUT2D eigenvalue weighted by atomic mass is 10.1. The fraction of sp³-hybridized carbons (Fsp3) is 0.733. The third-order valence-corrected chi connectivity index (χ3v) is 3.96. The van der Waals surface area contributed by atoms with E-state index in [-0.39, 0.29) is 12.1 Å². The molecular formula is C15H27N5O2. The van der Waals surface area contributed by atoms with Gasteiger partial charge in [-0.2, -0.15) is 5.10 Å². The molecule has 22 heavy (non-hydrogen) atoms. The predicted molar refractivity (Wildman–Crippen MR) is 84.6 cm³/mol. The first-order chi connectivity index (χ1) is 10.6. The van der Waals surface area contributed by atoms with Crippen LogP contribution in [0.15, 0.2) is 12.4 Å². The van der Waals surface area contributed by atoms with Crippen molar-refractivity contribution in [2.45, 2.75) is 31.4 Å². The summed E-state index contributed by atoms with van der Waals surface area (Å²) in [4.78, 5) is 14.0. The monoisotopic (exact) mass is 309 g/mol. The van der Waals surface area contributed by atoms with Gasteiger partial charge in [0.05, 0.1) is 18.3 Å². The van der Waals surface area contributed by atoms with Crippen LogP contribution in [-0.2, 0) is 11.8 Å². The van der Waals surface area contributed by atoms with Gasteiger partial charge in [0.2, 0.25) is 0 Å². The molecule has 1 aromatic rings. The van der Waals surface area contributed by atoms with Gasteiger partial charge in [0.15, 0.2) is 0 Å². The molecule has 1 fully saturated rings. The third-order valence-electron chi connectivity index (χ3n) is 3.96. The van der Waals surface area contributed by atoms with E-state index < -0.39 is 0 Å². The number of rotatable bonds is 7. The van der Waals surface area contributed by atoms with Crippen molar-refractivity contribution in [2.24, 2.45) is 7.05 Å². The van der Waals surface area contributed by atoms with Crippen molar-refractivity contribution in [2.75, 3.05) is 33.8 Å². The highest BCUT2D eigenvalue weighted by Gasteiger charge is 2.18. The maximum absolute atomic E-state index is 11.9. The smallest absolute Gasteiger partial charge is 0.314 e. The largest absolute Gasteiger partial charge is 0.378 e. The Kier molecular flexibility index (Phi) is 6.21. The van der Waals surface area contributed by atoms with Crippen LogP contribution >= 0.6 is 0 Å². The minimum absolute atomic E-state index is 0.109. The van der Waals surface area contributed by atoms with Crippen molar-refractivity contribution in [3.05, 3.63) is 18.0 Å². The second kappa shape index (κ2) is 8.14. The number of likely N-dealkylation sites (N-methyl/N-ethyl adjacent to an activating group) is 1. The SMILES string of the molecule is CN(C)C(CNC(=O)NCCC1CCCO1)c1cnn(C)c1. The molecule has 0 spiro atoms. The lowest BCUT2D eigenvalue weighted by Gasteiger charge is -2.23. The Morgan fingerprint density at radius 1 is 1.55 bits per heavy atom. The van der Waals surface area contributed by atoms with Crippen LogP contribution in [0.1, 0.15) is 30.9 Å². The van der Waals surface area contributed by atoms with Gasteiger partial charge >= 0.3 is 6.03 Å². The maximum Gasteiger partial charge on any atom is 0.314 e. The highest BCUT2D eigenvalue weighted by molar-refractivity contribution is 5.73. The minimum atomic E-state index is -0.131. The molecule has 2 rings (SSSR count). The number of aromatic nitrogens is 2. The average molecular weight is 309 g/mol. The Bertz CT molecular complexity index is 468. The van der Waals surface area contributed by atoms with Gasteiger partial charge in [0, 0.05) is 38.5 Å². The summed E-state index contributed by atoms with van der Waals surface area (Å²) in [5.41, 5.74) is 1.09. The van der Waals surface area contributed by atoms with E-state index >= 15 is 0 Å². The number of ether oxygens (including phenoxy) is 1. The Morgan fingerprint density at radius 2 is 2.36 bits per heavy atom. The van der Waals surface area contributed by atoms with E-state index in [1.54, 1.807) is 4.68 Å². The number of nitrogens with zero attached hydrogens (tertiary/aromatic N) is 3. The topological polar surface area (TPSA) is 71.4 Å². The molecule has 2 amide bonds. The number of carbonyl (C=O) groups excluding carboxylic acids is 1. The molecule has 2 atom stereocenters. The van der Waals surface area contributed by atoms with E-state index in [1.165, 1.54) is 0 Å². The summed E-state index contributed by atoms with van der Waals surface area (Å²) in [6.07, 6.45) is 7.24. The minimum Gasteiger partial charge on any atom is -0.378 e. The van der Waals surface area contributed by atoms with Crippen molar-refractivity contribution in [1.29, 1.82) is 0 Å². The van der Waals surface area contributed by atoms with E-state index in [1.807, 2.05) is 33.5 Å². The molecule has 0 bridgehead atoms. The van der Waals surface area contributed by atoms with Crippen LogP contribution in [0.5, 0.6) is 0 Å². The van der Waals surface area contributed by atoms with Crippen molar-refractivity contribution < 1.29 is 9.53 Å². The van der Waals surface area contributed by atoms with Crippen molar-refractivity contribution in [1.82, 2.24) is 25.3 Å². The van der Waals surface area contributed by atoms with Crippen LogP contribution < -0.4 is 10.6 Å². The summed E-state index contributed by atoms with van der Waals surface area (Å²) in [6, 6.07) is -0.0219. The van der Waals surface area contributed by atoms with E-state index in [0.29, 0.717) is 19.2 Å². The molecule has 0 radical (unpaired) electrons. The number of amides is 2. The zero-order chi connectivity index (χ0) is 15.9. The molecule has 0 aromatic carbocycles. The standard InChI is InChI=1S/C15H27N5O2/c1-19(2)14(12-9-18-20(3)11-12)10-17-15(21)16-7-6-13-5-4-8-22-13/h9,11,13-14H,4-8,10H2,1-3H3,(H2,16,17,21). The van der Waals surface area contributed by atoms with Gasteiger partial charge in [-0.25, -0.2) is 4.79 Å². The Labute approximate surface area is 132 Å². The molecule has 7 heteroatoms. The Balaban J connectivity index is 1.70. The van der Waals surface area contributed by atoms with Crippen LogP contribution in [0.4, 0.5) is 4.79 Å². The van der Waals surface area contributed by atoms with Gasteiger partial charge < -0.3 is 20.3 Å². The van der Waals surface area contributed by atoms with E-state index in [2.05, 4.69) is 20.6 Å². The number of carbonyl (C=O) groups is 1. The first-order valence-corrected chi connectivity index (χ1v) is 7.84. The first kappa shape index (κ1) is 16.8. The van der Waals surface area contributed by atoms with Gasteiger partial charge in [0.25, 0.3) is 0 Å². The molecule has 1 aliphatic rings. The summed E-state index contributed by atoms with van der Waals surface area (Å²) in [5, 5.41) is 10.0. The Hall–Kier alpha value is -1.60. The molecule has 1 saturated heterocycles. The number of aryl methyl sites for hydroxylation is 1. The highest BCUT2D eigenvalue weighted by atomic mass is 16.5. The zero-order valence-electron chi connectivity index (χ0n) is 13.7. The third kappa shape index (κ3) is 4.99. The lowest BCUT2D eigenvalue weighted by Crippen LogP contribution is -2.41. The van der Waals surface area contributed by atoms with Crippen molar-refractivity contribution in [3.63, 3.8) is 0 Å². The van der Waals surface area contributed by atoms with Gasteiger partial charge in [-0.1, -0.05) is 0 Å². The second-order valence-corrected chi connectivity index (χ2v) is 5.99. The Morgan fingerprint density at radius 3 is 2.95 bits per heavy atom. The van der Waals surface area contributed by atoms with Gasteiger partial charge in [-0.15, -0.1) is 0 Å². The fourth-order valence-electron chi connectivity index (χ4n) is 2.68. The molecule has 1 aliphatic heterocycles. The van der Waals surface area contributed by atoms with Crippen LogP contribution in [0, 0.1) is 0 Å². The molecule has 2 heterocycles. The lowest BCUT2D eigenvalue weighted by molar-refractivity contribution is 0.104. The maximum atomic E-state index is 11.9. The van der Waals surface area contributed by atoms with E-state index in [4.69, 9.17) is 4.74 Å². The summed E-state index contributed by atoms with van der Waals surface area (Å²) in [6.45, 7) is 2.05. The molecule has 0 saturated carbocycles. The highest BCUT2D eigenvalue weighted by Crippen LogP contribution is 2.16. The second-order valence-electron chi connectivity index (χ2n) is 5.99. The van der Waals surface area contributed by atoms with E-state index in [0.717, 1.165) is 31.4 Å². The number of urea groups is 1. The van der Waals surface area contributed by atoms with Gasteiger partial charge in [-0.05, 0) is 33.4 Å². The number of nitrogens with one attached hydrogen (secondary N) is 2. The molecule has 1 aromatic heterocycles. The fourth-order valence-corrected chi connectivity index (χ4v) is 2.68. The molecule has 2 N–H and O–H groups in total. The molecule has 124 valence electrons. The van der Waals surface area contributed by atoms with E-state index in [9.17, 15) is 4.79 Å². The zero-order valence-corrected chi connectivity index (χ0v) is 13.7. The quantitative estimate of drug-likeness (QED) is 0.785. The number of hydrogen-bond acceptors (Lipinski definition) is 4. The van der Waals surface area contributed by atoms with Gasteiger partial charge in [-0.3, -0.25) is 4.68 Å². The summed E-state index contributed by atoms with van der Waals surface area (Å²) >= 11 is 0. The van der Waals surface area contributed by atoms with Crippen LogP contribution in [-0.4, -0.2) is 60.6 Å². The van der Waals surface area contributed by atoms with Crippen LogP contribution in [0.3, 0.4) is 0 Å². The van der Waals surface area contributed by atoms with Crippen molar-refractivity contribution >= 4 is 6.03 Å². The normalized spacial score (nSPS) is 19.4.